The van der Waals surface area contributed by atoms with Crippen molar-refractivity contribution in [3.63, 3.8) is 0 Å². The summed E-state index contributed by atoms with van der Waals surface area (Å²) in [4.78, 5) is 23.3. The average molecular weight is 264 g/mol. The third-order valence-electron chi connectivity index (χ3n) is 2.36. The highest BCUT2D eigenvalue weighted by Gasteiger charge is 2.16. The number of methoxy groups -OCH3 is 1. The molecular weight excluding hydrogens is 244 g/mol. The number of rotatable bonds is 3. The van der Waals surface area contributed by atoms with E-state index in [-0.39, 0.29) is 17.2 Å². The Morgan fingerprint density at radius 2 is 1.68 bits per heavy atom. The first-order valence-corrected chi connectivity index (χ1v) is 6.05. The van der Waals surface area contributed by atoms with Gasteiger partial charge in [-0.1, -0.05) is 20.8 Å². The summed E-state index contributed by atoms with van der Waals surface area (Å²) < 4.78 is 5.00. The van der Waals surface area contributed by atoms with Crippen molar-refractivity contribution in [2.24, 2.45) is 5.41 Å². The standard InChI is InChI=1S/C14H20N2O3/c1-14(2,3)9-12(17)15-16-13(18)10-5-7-11(19-4)8-6-10/h5-8H,9H2,1-4H3,(H,15,17)(H,16,18). The van der Waals surface area contributed by atoms with Crippen LogP contribution in [0.5, 0.6) is 5.75 Å². The summed E-state index contributed by atoms with van der Waals surface area (Å²) in [5, 5.41) is 0. The van der Waals surface area contributed by atoms with Gasteiger partial charge in [-0.25, -0.2) is 0 Å². The molecule has 0 saturated heterocycles. The van der Waals surface area contributed by atoms with Gasteiger partial charge in [0.05, 0.1) is 7.11 Å². The van der Waals surface area contributed by atoms with Crippen LogP contribution in [-0.2, 0) is 4.79 Å². The van der Waals surface area contributed by atoms with E-state index in [2.05, 4.69) is 10.9 Å². The van der Waals surface area contributed by atoms with Crippen molar-refractivity contribution in [3.05, 3.63) is 29.8 Å². The molecule has 1 aromatic rings. The molecule has 104 valence electrons. The summed E-state index contributed by atoms with van der Waals surface area (Å²) >= 11 is 0. The lowest BCUT2D eigenvalue weighted by Gasteiger charge is -2.17. The largest absolute Gasteiger partial charge is 0.497 e. The minimum absolute atomic E-state index is 0.116. The molecule has 0 atom stereocenters. The van der Waals surface area contributed by atoms with Gasteiger partial charge in [0.2, 0.25) is 5.91 Å². The SMILES string of the molecule is COc1ccc(C(=O)NNC(=O)CC(C)(C)C)cc1. The number of amides is 2. The number of nitrogens with one attached hydrogen (secondary N) is 2. The number of hydrogen-bond donors (Lipinski definition) is 2. The number of benzene rings is 1. The summed E-state index contributed by atoms with van der Waals surface area (Å²) in [7, 11) is 1.56. The molecular formula is C14H20N2O3. The molecule has 0 aromatic heterocycles. The van der Waals surface area contributed by atoms with Gasteiger partial charge in [0, 0.05) is 12.0 Å². The van der Waals surface area contributed by atoms with Crippen LogP contribution in [0.15, 0.2) is 24.3 Å². The molecule has 5 nitrogen and oxygen atoms in total. The molecule has 0 radical (unpaired) electrons. The van der Waals surface area contributed by atoms with Gasteiger partial charge in [-0.2, -0.15) is 0 Å². The first-order chi connectivity index (χ1) is 8.81. The summed E-state index contributed by atoms with van der Waals surface area (Å²) in [6.45, 7) is 5.87. The van der Waals surface area contributed by atoms with Crippen molar-refractivity contribution in [1.82, 2.24) is 10.9 Å². The fraction of sp³-hybridized carbons (Fsp3) is 0.429. The zero-order valence-electron chi connectivity index (χ0n) is 11.7. The van der Waals surface area contributed by atoms with Crippen LogP contribution in [0.4, 0.5) is 0 Å². The molecule has 0 aliphatic heterocycles. The Morgan fingerprint density at radius 3 is 2.16 bits per heavy atom. The smallest absolute Gasteiger partial charge is 0.269 e. The van der Waals surface area contributed by atoms with Crippen LogP contribution in [0, 0.1) is 5.41 Å². The monoisotopic (exact) mass is 264 g/mol. The predicted octanol–water partition coefficient (Wildman–Crippen LogP) is 1.89. The highest BCUT2D eigenvalue weighted by Crippen LogP contribution is 2.17. The van der Waals surface area contributed by atoms with Crippen molar-refractivity contribution in [1.29, 1.82) is 0 Å². The number of carbonyl (C=O) groups excluding carboxylic acids is 2. The molecule has 19 heavy (non-hydrogen) atoms. The van der Waals surface area contributed by atoms with Gasteiger partial charge in [0.15, 0.2) is 0 Å². The van der Waals surface area contributed by atoms with Gasteiger partial charge in [-0.05, 0) is 29.7 Å². The van der Waals surface area contributed by atoms with Crippen molar-refractivity contribution in [2.45, 2.75) is 27.2 Å². The maximum Gasteiger partial charge on any atom is 0.269 e. The Morgan fingerprint density at radius 1 is 1.11 bits per heavy atom. The van der Waals surface area contributed by atoms with Gasteiger partial charge in [0.1, 0.15) is 5.75 Å². The molecule has 1 aromatic carbocycles. The molecule has 0 unspecified atom stereocenters. The normalized spacial score (nSPS) is 10.7. The molecule has 1 rings (SSSR count). The molecule has 0 heterocycles. The van der Waals surface area contributed by atoms with E-state index in [1.54, 1.807) is 31.4 Å². The molecule has 0 aliphatic carbocycles. The van der Waals surface area contributed by atoms with E-state index in [4.69, 9.17) is 4.74 Å². The highest BCUT2D eigenvalue weighted by molar-refractivity contribution is 5.95. The van der Waals surface area contributed by atoms with Gasteiger partial charge in [-0.3, -0.25) is 20.4 Å². The van der Waals surface area contributed by atoms with Crippen LogP contribution in [0.3, 0.4) is 0 Å². The third kappa shape index (κ3) is 5.42. The Hall–Kier alpha value is -2.04. The minimum atomic E-state index is -0.357. The van der Waals surface area contributed by atoms with Gasteiger partial charge in [0.25, 0.3) is 5.91 Å². The van der Waals surface area contributed by atoms with Gasteiger partial charge in [-0.15, -0.1) is 0 Å². The molecule has 5 heteroatoms. The summed E-state index contributed by atoms with van der Waals surface area (Å²) in [5.74, 6) is 0.104. The summed E-state index contributed by atoms with van der Waals surface area (Å²) in [6.07, 6.45) is 0.343. The maximum absolute atomic E-state index is 11.7. The van der Waals surface area contributed by atoms with E-state index >= 15 is 0 Å². The Balaban J connectivity index is 2.49. The third-order valence-corrected chi connectivity index (χ3v) is 2.36. The summed E-state index contributed by atoms with van der Waals surface area (Å²) in [5.41, 5.74) is 5.12. The van der Waals surface area contributed by atoms with E-state index in [0.29, 0.717) is 17.7 Å². The number of hydrogen-bond acceptors (Lipinski definition) is 3. The molecule has 0 aliphatic rings. The van der Waals surface area contributed by atoms with E-state index in [1.807, 2.05) is 20.8 Å². The van der Waals surface area contributed by atoms with E-state index in [1.165, 1.54) is 0 Å². The van der Waals surface area contributed by atoms with E-state index in [0.717, 1.165) is 0 Å². The van der Waals surface area contributed by atoms with Gasteiger partial charge >= 0.3 is 0 Å². The van der Waals surface area contributed by atoms with Crippen LogP contribution in [-0.4, -0.2) is 18.9 Å². The van der Waals surface area contributed by atoms with Crippen LogP contribution in [0.1, 0.15) is 37.6 Å². The minimum Gasteiger partial charge on any atom is -0.497 e. The molecule has 2 N–H and O–H groups in total. The maximum atomic E-state index is 11.7. The lowest BCUT2D eigenvalue weighted by atomic mass is 9.92. The second-order valence-corrected chi connectivity index (χ2v) is 5.47. The van der Waals surface area contributed by atoms with Crippen molar-refractivity contribution in [3.8, 4) is 5.75 Å². The van der Waals surface area contributed by atoms with Crippen LogP contribution in [0.2, 0.25) is 0 Å². The van der Waals surface area contributed by atoms with Crippen LogP contribution < -0.4 is 15.6 Å². The fourth-order valence-corrected chi connectivity index (χ4v) is 1.47. The van der Waals surface area contributed by atoms with Crippen molar-refractivity contribution < 1.29 is 14.3 Å². The van der Waals surface area contributed by atoms with Crippen molar-refractivity contribution in [2.75, 3.05) is 7.11 Å². The Bertz CT molecular complexity index is 447. The number of carbonyl (C=O) groups is 2. The Kier molecular flexibility index (Phi) is 4.92. The fourth-order valence-electron chi connectivity index (χ4n) is 1.47. The Labute approximate surface area is 113 Å². The lowest BCUT2D eigenvalue weighted by Crippen LogP contribution is -2.42. The first-order valence-electron chi connectivity index (χ1n) is 6.05. The quantitative estimate of drug-likeness (QED) is 0.819. The highest BCUT2D eigenvalue weighted by atomic mass is 16.5. The molecule has 2 amide bonds. The first kappa shape index (κ1) is 15.0. The zero-order valence-corrected chi connectivity index (χ0v) is 11.7. The van der Waals surface area contributed by atoms with Gasteiger partial charge < -0.3 is 4.74 Å². The second kappa shape index (κ2) is 6.22. The molecule has 0 spiro atoms. The summed E-state index contributed by atoms with van der Waals surface area (Å²) in [6, 6.07) is 6.63. The van der Waals surface area contributed by atoms with Crippen molar-refractivity contribution >= 4 is 11.8 Å². The number of ether oxygens (including phenoxy) is 1. The van der Waals surface area contributed by atoms with Crippen LogP contribution >= 0.6 is 0 Å². The average Bonchev–Trinajstić information content (AvgIpc) is 2.34. The second-order valence-electron chi connectivity index (χ2n) is 5.47. The van der Waals surface area contributed by atoms with E-state index < -0.39 is 0 Å². The van der Waals surface area contributed by atoms with Crippen LogP contribution in [0.25, 0.3) is 0 Å². The van der Waals surface area contributed by atoms with E-state index in [9.17, 15) is 9.59 Å². The molecule has 0 bridgehead atoms. The lowest BCUT2D eigenvalue weighted by molar-refractivity contribution is -0.123. The molecule has 0 saturated carbocycles. The zero-order chi connectivity index (χ0) is 14.5. The number of hydrazine groups is 1. The molecule has 0 fully saturated rings. The predicted molar refractivity (Wildman–Crippen MR) is 72.7 cm³/mol. The topological polar surface area (TPSA) is 67.4 Å².